The highest BCUT2D eigenvalue weighted by molar-refractivity contribution is 5.86. The summed E-state index contributed by atoms with van der Waals surface area (Å²) in [6.45, 7) is 9.74. The van der Waals surface area contributed by atoms with Crippen molar-refractivity contribution in [3.63, 3.8) is 0 Å². The van der Waals surface area contributed by atoms with Gasteiger partial charge in [-0.1, -0.05) is 74.5 Å². The fraction of sp³-hybridized carbons (Fsp3) is 0.438. The van der Waals surface area contributed by atoms with Gasteiger partial charge in [0.25, 0.3) is 5.91 Å². The largest absolute Gasteiger partial charge is 0.453 e. The van der Waals surface area contributed by atoms with Gasteiger partial charge >= 0.3 is 6.09 Å². The number of carbonyl (C=O) groups excluding carboxylic acids is 3. The minimum absolute atomic E-state index is 0.0629. The monoisotopic (exact) mass is 591 g/mol. The van der Waals surface area contributed by atoms with Gasteiger partial charge in [0.2, 0.25) is 5.91 Å². The van der Waals surface area contributed by atoms with Gasteiger partial charge in [-0.3, -0.25) is 15.0 Å². The van der Waals surface area contributed by atoms with Gasteiger partial charge in [0.05, 0.1) is 24.9 Å². The summed E-state index contributed by atoms with van der Waals surface area (Å²) in [7, 11) is 1.24. The Morgan fingerprint density at radius 1 is 1.12 bits per heavy atom. The molecule has 2 aromatic carbocycles. The lowest BCUT2D eigenvalue weighted by Gasteiger charge is -2.32. The van der Waals surface area contributed by atoms with Crippen LogP contribution >= 0.6 is 0 Å². The van der Waals surface area contributed by atoms with Gasteiger partial charge in [-0.15, -0.1) is 0 Å². The van der Waals surface area contributed by atoms with E-state index in [4.69, 9.17) is 9.26 Å². The van der Waals surface area contributed by atoms with Crippen molar-refractivity contribution in [3.05, 3.63) is 76.7 Å². The molecule has 3 amide bonds. The molecule has 11 nitrogen and oxygen atoms in total. The molecule has 0 fully saturated rings. The maximum atomic E-state index is 13.5. The van der Waals surface area contributed by atoms with E-state index in [-0.39, 0.29) is 18.9 Å². The van der Waals surface area contributed by atoms with Gasteiger partial charge < -0.3 is 25.0 Å². The molecule has 230 valence electrons. The lowest BCUT2D eigenvalue weighted by atomic mass is 9.86. The first-order chi connectivity index (χ1) is 20.4. The SMILES string of the molecule is COC(=O)N[C@H](C(=O)NN(CCC(=O)N[C@H]1c2ccccc2C[C@H]1O)Cc1ccc(-c2c(C)noc2C)cc1)C(C)(C)C. The molecular weight excluding hydrogens is 550 g/mol. The number of aromatic nitrogens is 1. The van der Waals surface area contributed by atoms with Crippen LogP contribution in [-0.2, 0) is 27.3 Å². The summed E-state index contributed by atoms with van der Waals surface area (Å²) in [5.41, 5.74) is 7.79. The third-order valence-corrected chi connectivity index (χ3v) is 7.62. The van der Waals surface area contributed by atoms with E-state index < -0.39 is 35.6 Å². The van der Waals surface area contributed by atoms with Gasteiger partial charge in [0.1, 0.15) is 11.8 Å². The molecule has 0 saturated carbocycles. The number of nitrogens with one attached hydrogen (secondary N) is 3. The van der Waals surface area contributed by atoms with Crippen molar-refractivity contribution in [2.24, 2.45) is 5.41 Å². The van der Waals surface area contributed by atoms with Crippen molar-refractivity contribution in [3.8, 4) is 11.1 Å². The zero-order valence-corrected chi connectivity index (χ0v) is 25.6. The number of alkyl carbamates (subject to hydrolysis) is 1. The van der Waals surface area contributed by atoms with Crippen molar-refractivity contribution >= 4 is 17.9 Å². The van der Waals surface area contributed by atoms with E-state index in [0.29, 0.717) is 13.0 Å². The summed E-state index contributed by atoms with van der Waals surface area (Å²) in [5, 5.41) is 21.8. The number of ether oxygens (including phenoxy) is 1. The van der Waals surface area contributed by atoms with E-state index in [0.717, 1.165) is 39.3 Å². The average Bonchev–Trinajstić information content (AvgIpc) is 3.46. The van der Waals surface area contributed by atoms with Crippen LogP contribution in [0.15, 0.2) is 53.1 Å². The van der Waals surface area contributed by atoms with Crippen LogP contribution in [0.3, 0.4) is 0 Å². The second-order valence-corrected chi connectivity index (χ2v) is 12.0. The molecule has 0 spiro atoms. The molecule has 4 rings (SSSR count). The number of aliphatic hydroxyl groups excluding tert-OH is 1. The molecule has 11 heteroatoms. The fourth-order valence-corrected chi connectivity index (χ4v) is 5.37. The fourth-order valence-electron chi connectivity index (χ4n) is 5.37. The predicted molar refractivity (Wildman–Crippen MR) is 160 cm³/mol. The topological polar surface area (TPSA) is 146 Å². The Bertz CT molecular complexity index is 1430. The highest BCUT2D eigenvalue weighted by atomic mass is 16.5. The zero-order valence-electron chi connectivity index (χ0n) is 25.6. The third kappa shape index (κ3) is 7.79. The first-order valence-electron chi connectivity index (χ1n) is 14.3. The van der Waals surface area contributed by atoms with Crippen molar-refractivity contribution in [1.82, 2.24) is 26.2 Å². The van der Waals surface area contributed by atoms with Gasteiger partial charge in [-0.05, 0) is 41.5 Å². The minimum atomic E-state index is -0.900. The van der Waals surface area contributed by atoms with E-state index in [1.807, 2.05) is 83.1 Å². The first kappa shape index (κ1) is 31.7. The summed E-state index contributed by atoms with van der Waals surface area (Å²) in [4.78, 5) is 38.5. The van der Waals surface area contributed by atoms with Gasteiger partial charge in [0, 0.05) is 31.5 Å². The van der Waals surface area contributed by atoms with E-state index >= 15 is 0 Å². The number of nitrogens with zero attached hydrogens (tertiary/aromatic N) is 2. The number of aliphatic hydroxyl groups is 1. The van der Waals surface area contributed by atoms with Crippen molar-refractivity contribution < 1.29 is 28.8 Å². The normalized spacial score (nSPS) is 16.8. The Balaban J connectivity index is 1.49. The minimum Gasteiger partial charge on any atom is -0.453 e. The van der Waals surface area contributed by atoms with E-state index in [9.17, 15) is 19.5 Å². The maximum absolute atomic E-state index is 13.5. The molecule has 0 bridgehead atoms. The third-order valence-electron chi connectivity index (χ3n) is 7.62. The van der Waals surface area contributed by atoms with Crippen molar-refractivity contribution in [2.45, 2.75) is 72.2 Å². The van der Waals surface area contributed by atoms with E-state index in [1.165, 1.54) is 7.11 Å². The quantitative estimate of drug-likeness (QED) is 0.261. The molecule has 1 heterocycles. The number of methoxy groups -OCH3 is 1. The number of benzene rings is 2. The first-order valence-corrected chi connectivity index (χ1v) is 14.3. The van der Waals surface area contributed by atoms with Gasteiger partial charge in [0.15, 0.2) is 0 Å². The van der Waals surface area contributed by atoms with Crippen LogP contribution in [0.5, 0.6) is 0 Å². The number of hydrazine groups is 1. The number of hydrogen-bond acceptors (Lipinski definition) is 8. The summed E-state index contributed by atoms with van der Waals surface area (Å²) < 4.78 is 10.0. The summed E-state index contributed by atoms with van der Waals surface area (Å²) in [5.74, 6) is 0.0334. The Morgan fingerprint density at radius 3 is 2.44 bits per heavy atom. The summed E-state index contributed by atoms with van der Waals surface area (Å²) in [6.07, 6.45) is -0.876. The number of fused-ring (bicyclic) bond motifs is 1. The average molecular weight is 592 g/mol. The van der Waals surface area contributed by atoms with E-state index in [1.54, 1.807) is 5.01 Å². The van der Waals surface area contributed by atoms with Crippen molar-refractivity contribution in [2.75, 3.05) is 13.7 Å². The molecule has 0 saturated heterocycles. The Labute approximate surface area is 251 Å². The Morgan fingerprint density at radius 2 is 1.81 bits per heavy atom. The molecule has 1 aromatic heterocycles. The van der Waals surface area contributed by atoms with Crippen LogP contribution in [0.2, 0.25) is 0 Å². The molecule has 3 atom stereocenters. The standard InChI is InChI=1S/C32H41N5O6/c1-19-27(20(2)43-36-19)22-13-11-21(12-14-22)18-37(35-30(40)29(32(3,4)5)34-31(41)42-6)16-15-26(39)33-28-24-10-8-7-9-23(24)17-25(28)38/h7-14,25,28-29,38H,15-18H2,1-6H3,(H,33,39)(H,34,41)(H,35,40)/t25-,28+,29-/m1/s1. The molecule has 43 heavy (non-hydrogen) atoms. The van der Waals surface area contributed by atoms with Crippen LogP contribution in [0.25, 0.3) is 11.1 Å². The van der Waals surface area contributed by atoms with E-state index in [2.05, 4.69) is 21.2 Å². The maximum Gasteiger partial charge on any atom is 0.407 e. The Hall–Kier alpha value is -4.22. The number of carbonyl (C=O) groups is 3. The zero-order chi connectivity index (χ0) is 31.3. The number of aryl methyl sites for hydroxylation is 2. The molecule has 1 aliphatic carbocycles. The van der Waals surface area contributed by atoms with Crippen LogP contribution in [0.1, 0.15) is 61.4 Å². The molecule has 3 aromatic rings. The highest BCUT2D eigenvalue weighted by Gasteiger charge is 2.35. The second-order valence-electron chi connectivity index (χ2n) is 12.0. The highest BCUT2D eigenvalue weighted by Crippen LogP contribution is 2.31. The van der Waals surface area contributed by atoms with Crippen LogP contribution in [0.4, 0.5) is 4.79 Å². The summed E-state index contributed by atoms with van der Waals surface area (Å²) in [6, 6.07) is 14.1. The lowest BCUT2D eigenvalue weighted by molar-refractivity contribution is -0.132. The van der Waals surface area contributed by atoms with Crippen LogP contribution in [0, 0.1) is 19.3 Å². The lowest BCUT2D eigenvalue weighted by Crippen LogP contribution is -2.57. The smallest absolute Gasteiger partial charge is 0.407 e. The number of rotatable bonds is 10. The van der Waals surface area contributed by atoms with Crippen LogP contribution in [-0.4, -0.2) is 59.0 Å². The molecule has 1 aliphatic rings. The molecule has 0 aliphatic heterocycles. The molecule has 0 radical (unpaired) electrons. The molecule has 4 N–H and O–H groups in total. The van der Waals surface area contributed by atoms with Crippen LogP contribution < -0.4 is 16.1 Å². The van der Waals surface area contributed by atoms with Gasteiger partial charge in [-0.2, -0.15) is 0 Å². The second kappa shape index (κ2) is 13.4. The van der Waals surface area contributed by atoms with Crippen molar-refractivity contribution in [1.29, 1.82) is 0 Å². The Kier molecular flexibility index (Phi) is 9.87. The molecule has 0 unspecified atom stereocenters. The number of amides is 3. The predicted octanol–water partition coefficient (Wildman–Crippen LogP) is 3.73. The number of hydrogen-bond donors (Lipinski definition) is 4. The van der Waals surface area contributed by atoms with Gasteiger partial charge in [-0.25, -0.2) is 9.80 Å². The molecular formula is C32H41N5O6. The summed E-state index contributed by atoms with van der Waals surface area (Å²) >= 11 is 0.